The molecule has 2 aliphatic heterocycles. The molecule has 0 aliphatic carbocycles. The van der Waals surface area contributed by atoms with E-state index in [2.05, 4.69) is 17.1 Å². The lowest BCUT2D eigenvalue weighted by atomic mass is 9.91. The second-order valence-electron chi connectivity index (χ2n) is 8.35. The largest absolute Gasteiger partial charge is 0.280 e. The van der Waals surface area contributed by atoms with E-state index < -0.39 is 21.8 Å². The van der Waals surface area contributed by atoms with E-state index in [1.807, 2.05) is 18.2 Å². The van der Waals surface area contributed by atoms with Gasteiger partial charge in [0, 0.05) is 24.2 Å². The topological polar surface area (TPSA) is 87.6 Å². The first-order valence-electron chi connectivity index (χ1n) is 10.9. The van der Waals surface area contributed by atoms with Gasteiger partial charge in [0.15, 0.2) is 0 Å². The molecule has 2 aromatic heterocycles. The van der Waals surface area contributed by atoms with Crippen LogP contribution in [0.15, 0.2) is 65.0 Å². The first-order valence-corrected chi connectivity index (χ1v) is 13.1. The third-order valence-corrected chi connectivity index (χ3v) is 9.65. The first kappa shape index (κ1) is 21.9. The maximum Gasteiger partial charge on any atom is 0.280 e. The SMILES string of the molecule is O=C1c2cccnc2C(=O)N1Cc1ccc(S(=O)(=O)N2CCC(Cc3ccccc3)CC2)s1. The van der Waals surface area contributed by atoms with E-state index >= 15 is 0 Å². The lowest BCUT2D eigenvalue weighted by molar-refractivity contribution is 0.0642. The van der Waals surface area contributed by atoms with Gasteiger partial charge in [0.2, 0.25) is 0 Å². The number of aromatic nitrogens is 1. The summed E-state index contributed by atoms with van der Waals surface area (Å²) in [5.41, 5.74) is 1.71. The summed E-state index contributed by atoms with van der Waals surface area (Å²) in [6, 6.07) is 16.7. The molecule has 170 valence electrons. The molecule has 0 atom stereocenters. The zero-order valence-corrected chi connectivity index (χ0v) is 19.5. The van der Waals surface area contributed by atoms with Crippen molar-refractivity contribution >= 4 is 33.2 Å². The highest BCUT2D eigenvalue weighted by Gasteiger charge is 2.37. The molecule has 0 unspecified atom stereocenters. The van der Waals surface area contributed by atoms with Crippen molar-refractivity contribution in [1.82, 2.24) is 14.2 Å². The maximum absolute atomic E-state index is 13.2. The van der Waals surface area contributed by atoms with Gasteiger partial charge in [-0.25, -0.2) is 8.42 Å². The number of sulfonamides is 1. The number of carbonyl (C=O) groups is 2. The summed E-state index contributed by atoms with van der Waals surface area (Å²) in [5.74, 6) is -0.379. The van der Waals surface area contributed by atoms with Gasteiger partial charge in [0.05, 0.1) is 12.1 Å². The number of nitrogens with zero attached hydrogens (tertiary/aromatic N) is 3. The van der Waals surface area contributed by atoms with Crippen LogP contribution in [-0.2, 0) is 23.0 Å². The van der Waals surface area contributed by atoms with Crippen molar-refractivity contribution in [2.24, 2.45) is 5.92 Å². The second kappa shape index (κ2) is 8.81. The number of benzene rings is 1. The lowest BCUT2D eigenvalue weighted by Crippen LogP contribution is -2.38. The van der Waals surface area contributed by atoms with Gasteiger partial charge >= 0.3 is 0 Å². The van der Waals surface area contributed by atoms with Crippen LogP contribution in [0.2, 0.25) is 0 Å². The molecule has 0 N–H and O–H groups in total. The van der Waals surface area contributed by atoms with Crippen LogP contribution in [0, 0.1) is 5.92 Å². The average molecular weight is 482 g/mol. The van der Waals surface area contributed by atoms with E-state index in [0.717, 1.165) is 35.5 Å². The molecule has 2 amide bonds. The number of amides is 2. The van der Waals surface area contributed by atoms with Crippen molar-refractivity contribution < 1.29 is 18.0 Å². The van der Waals surface area contributed by atoms with Crippen molar-refractivity contribution in [1.29, 1.82) is 0 Å². The van der Waals surface area contributed by atoms with Crippen LogP contribution in [0.4, 0.5) is 0 Å². The molecule has 1 fully saturated rings. The summed E-state index contributed by atoms with van der Waals surface area (Å²) >= 11 is 1.11. The number of hydrogen-bond acceptors (Lipinski definition) is 6. The highest BCUT2D eigenvalue weighted by molar-refractivity contribution is 7.91. The van der Waals surface area contributed by atoms with Crippen LogP contribution in [-0.4, -0.2) is 47.5 Å². The average Bonchev–Trinajstić information content (AvgIpc) is 3.40. The molecule has 2 aliphatic rings. The number of fused-ring (bicyclic) bond motifs is 1. The molecular weight excluding hydrogens is 458 g/mol. The number of imide groups is 1. The van der Waals surface area contributed by atoms with E-state index in [9.17, 15) is 18.0 Å². The van der Waals surface area contributed by atoms with Gasteiger partial charge in [0.1, 0.15) is 9.90 Å². The summed E-state index contributed by atoms with van der Waals surface area (Å²) < 4.78 is 28.2. The van der Waals surface area contributed by atoms with E-state index in [0.29, 0.717) is 23.9 Å². The minimum Gasteiger partial charge on any atom is -0.268 e. The third-order valence-electron chi connectivity index (χ3n) is 6.22. The van der Waals surface area contributed by atoms with Gasteiger partial charge < -0.3 is 0 Å². The summed E-state index contributed by atoms with van der Waals surface area (Å²) in [6.45, 7) is 1.03. The van der Waals surface area contributed by atoms with Crippen LogP contribution in [0.5, 0.6) is 0 Å². The van der Waals surface area contributed by atoms with Gasteiger partial charge in [-0.05, 0) is 55.0 Å². The van der Waals surface area contributed by atoms with Crippen LogP contribution in [0.25, 0.3) is 0 Å². The minimum absolute atomic E-state index is 0.0351. The van der Waals surface area contributed by atoms with Crippen molar-refractivity contribution in [2.75, 3.05) is 13.1 Å². The smallest absolute Gasteiger partial charge is 0.268 e. The van der Waals surface area contributed by atoms with Gasteiger partial charge in [-0.1, -0.05) is 30.3 Å². The molecule has 1 saturated heterocycles. The second-order valence-corrected chi connectivity index (χ2v) is 11.7. The molecule has 7 nitrogen and oxygen atoms in total. The van der Waals surface area contributed by atoms with E-state index in [1.54, 1.807) is 28.6 Å². The highest BCUT2D eigenvalue weighted by Crippen LogP contribution is 2.31. The molecule has 1 aromatic carbocycles. The Hall–Kier alpha value is -2.88. The maximum atomic E-state index is 13.2. The first-order chi connectivity index (χ1) is 15.9. The standard InChI is InChI=1S/C24H23N3O4S2/c28-23-20-7-4-12-25-22(20)24(29)27(23)16-19-8-9-21(32-19)33(30,31)26-13-10-18(11-14-26)15-17-5-2-1-3-6-17/h1-9,12,18H,10-11,13-16H2. The predicted octanol–water partition coefficient (Wildman–Crippen LogP) is 3.58. The monoisotopic (exact) mass is 481 g/mol. The summed E-state index contributed by atoms with van der Waals surface area (Å²) in [7, 11) is -3.60. The molecule has 5 rings (SSSR count). The number of thiophene rings is 1. The summed E-state index contributed by atoms with van der Waals surface area (Å²) in [5, 5.41) is 0. The molecule has 0 bridgehead atoms. The summed E-state index contributed by atoms with van der Waals surface area (Å²) in [4.78, 5) is 30.9. The van der Waals surface area contributed by atoms with Crippen molar-refractivity contribution in [3.8, 4) is 0 Å². The molecule has 4 heterocycles. The Labute approximate surface area is 196 Å². The number of pyridine rings is 1. The Kier molecular flexibility index (Phi) is 5.86. The van der Waals surface area contributed by atoms with Gasteiger partial charge in [0.25, 0.3) is 21.8 Å². The quantitative estimate of drug-likeness (QED) is 0.502. The van der Waals surface area contributed by atoms with Crippen LogP contribution >= 0.6 is 11.3 Å². The molecule has 33 heavy (non-hydrogen) atoms. The highest BCUT2D eigenvalue weighted by atomic mass is 32.2. The van der Waals surface area contributed by atoms with Crippen LogP contribution in [0.3, 0.4) is 0 Å². The van der Waals surface area contributed by atoms with E-state index in [1.165, 1.54) is 11.8 Å². The fourth-order valence-electron chi connectivity index (χ4n) is 4.42. The predicted molar refractivity (Wildman–Crippen MR) is 124 cm³/mol. The van der Waals surface area contributed by atoms with Crippen molar-refractivity contribution in [3.05, 3.63) is 82.5 Å². The number of rotatable bonds is 6. The fourth-order valence-corrected chi connectivity index (χ4v) is 7.39. The molecule has 0 spiro atoms. The Morgan fingerprint density at radius 2 is 1.70 bits per heavy atom. The van der Waals surface area contributed by atoms with Crippen molar-refractivity contribution in [2.45, 2.75) is 30.0 Å². The van der Waals surface area contributed by atoms with Crippen molar-refractivity contribution in [3.63, 3.8) is 0 Å². The lowest BCUT2D eigenvalue weighted by Gasteiger charge is -2.30. The molecular formula is C24H23N3O4S2. The number of hydrogen-bond donors (Lipinski definition) is 0. The third kappa shape index (κ3) is 4.23. The van der Waals surface area contributed by atoms with Gasteiger partial charge in [-0.2, -0.15) is 4.31 Å². The van der Waals surface area contributed by atoms with Gasteiger partial charge in [-0.3, -0.25) is 19.5 Å². The Morgan fingerprint density at radius 1 is 0.939 bits per heavy atom. The minimum atomic E-state index is -3.60. The number of piperidine rings is 1. The van der Waals surface area contributed by atoms with E-state index in [4.69, 9.17) is 0 Å². The van der Waals surface area contributed by atoms with Gasteiger partial charge in [-0.15, -0.1) is 11.3 Å². The van der Waals surface area contributed by atoms with E-state index in [-0.39, 0.29) is 22.0 Å². The molecule has 0 saturated carbocycles. The molecule has 3 aromatic rings. The summed E-state index contributed by atoms with van der Waals surface area (Å²) in [6.07, 6.45) is 4.10. The zero-order valence-electron chi connectivity index (χ0n) is 17.9. The Morgan fingerprint density at radius 3 is 2.42 bits per heavy atom. The fraction of sp³-hybridized carbons (Fsp3) is 0.292. The van der Waals surface area contributed by atoms with Crippen LogP contribution in [0.1, 0.15) is 44.1 Å². The Balaban J connectivity index is 1.23. The van der Waals surface area contributed by atoms with Crippen LogP contribution < -0.4 is 0 Å². The normalized spacial score (nSPS) is 17.5. The molecule has 0 radical (unpaired) electrons. The number of carbonyl (C=O) groups excluding carboxylic acids is 2. The zero-order chi connectivity index (χ0) is 23.0. The molecule has 9 heteroatoms. The Bertz CT molecular complexity index is 1260.